The number of nitrogens with one attached hydrogen (secondary N) is 1. The molecule has 0 aliphatic rings. The molecule has 0 spiro atoms. The van der Waals surface area contributed by atoms with Crippen LogP contribution in [-0.2, 0) is 4.79 Å². The lowest BCUT2D eigenvalue weighted by Crippen LogP contribution is -2.14. The maximum Gasteiger partial charge on any atom is 0.266 e. The molecule has 4 nitrogen and oxygen atoms in total. The molecule has 1 N–H and O–H groups in total. The van der Waals surface area contributed by atoms with Crippen LogP contribution in [0.3, 0.4) is 0 Å². The number of halogens is 1. The first-order valence-corrected chi connectivity index (χ1v) is 11.7. The molecule has 1 amide bonds. The SMILES string of the molecule is CCCCCCCCOc1ccc(Br)cc1/C=C(/C#N)C(=O)Nc1cccc(C)c1C. The second-order valence-corrected chi connectivity index (χ2v) is 8.59. The fourth-order valence-corrected chi connectivity index (χ4v) is 3.59. The molecule has 0 unspecified atom stereocenters. The number of unbranched alkanes of at least 4 members (excludes halogenated alkanes) is 5. The van der Waals surface area contributed by atoms with E-state index < -0.39 is 5.91 Å². The third kappa shape index (κ3) is 7.88. The average molecular weight is 483 g/mol. The Labute approximate surface area is 194 Å². The van der Waals surface area contributed by atoms with Gasteiger partial charge in [-0.25, -0.2) is 0 Å². The van der Waals surface area contributed by atoms with Gasteiger partial charge in [-0.3, -0.25) is 4.79 Å². The Morgan fingerprint density at radius 1 is 1.13 bits per heavy atom. The quantitative estimate of drug-likeness (QED) is 0.206. The van der Waals surface area contributed by atoms with Crippen LogP contribution in [0.25, 0.3) is 6.08 Å². The summed E-state index contributed by atoms with van der Waals surface area (Å²) in [6.45, 7) is 6.76. The standard InChI is InChI=1S/C26H31BrN2O2/c1-4-5-6-7-8-9-15-31-25-14-13-23(27)17-21(25)16-22(18-28)26(30)29-24-12-10-11-19(2)20(24)3/h10-14,16-17H,4-9,15H2,1-3H3,(H,29,30)/b22-16-. The molecule has 2 aromatic carbocycles. The minimum absolute atomic E-state index is 0.0309. The van der Waals surface area contributed by atoms with Crippen LogP contribution >= 0.6 is 15.9 Å². The Kier molecular flexibility index (Phi) is 10.3. The molecular weight excluding hydrogens is 452 g/mol. The number of carbonyl (C=O) groups excluding carboxylic acids is 1. The van der Waals surface area contributed by atoms with Crippen molar-refractivity contribution in [1.29, 1.82) is 5.26 Å². The summed E-state index contributed by atoms with van der Waals surface area (Å²) in [4.78, 5) is 12.7. The van der Waals surface area contributed by atoms with Crippen LogP contribution in [-0.4, -0.2) is 12.5 Å². The molecule has 0 saturated carbocycles. The fourth-order valence-electron chi connectivity index (χ4n) is 3.21. The van der Waals surface area contributed by atoms with E-state index in [1.165, 1.54) is 25.7 Å². The van der Waals surface area contributed by atoms with Gasteiger partial charge < -0.3 is 10.1 Å². The minimum atomic E-state index is -0.432. The predicted octanol–water partition coefficient (Wildman–Crippen LogP) is 7.35. The van der Waals surface area contributed by atoms with Crippen LogP contribution in [0.2, 0.25) is 0 Å². The Morgan fingerprint density at radius 2 is 1.87 bits per heavy atom. The van der Waals surface area contributed by atoms with Gasteiger partial charge in [0.15, 0.2) is 0 Å². The summed E-state index contributed by atoms with van der Waals surface area (Å²) in [6.07, 6.45) is 8.73. The number of benzene rings is 2. The smallest absolute Gasteiger partial charge is 0.266 e. The van der Waals surface area contributed by atoms with Crippen molar-refractivity contribution in [2.75, 3.05) is 11.9 Å². The molecule has 0 radical (unpaired) electrons. The number of hydrogen-bond acceptors (Lipinski definition) is 3. The van der Waals surface area contributed by atoms with Crippen LogP contribution in [0.1, 0.15) is 62.1 Å². The van der Waals surface area contributed by atoms with Gasteiger partial charge in [0.2, 0.25) is 0 Å². The minimum Gasteiger partial charge on any atom is -0.493 e. The molecule has 0 heterocycles. The number of nitriles is 1. The number of amides is 1. The number of rotatable bonds is 11. The second kappa shape index (κ2) is 13.0. The van der Waals surface area contributed by atoms with Gasteiger partial charge in [0.05, 0.1) is 6.61 Å². The second-order valence-electron chi connectivity index (χ2n) is 7.67. The van der Waals surface area contributed by atoms with E-state index in [2.05, 4.69) is 28.2 Å². The maximum absolute atomic E-state index is 12.7. The van der Waals surface area contributed by atoms with Gasteiger partial charge in [0.25, 0.3) is 5.91 Å². The van der Waals surface area contributed by atoms with E-state index in [1.807, 2.05) is 56.3 Å². The van der Waals surface area contributed by atoms with Crippen molar-refractivity contribution < 1.29 is 9.53 Å². The molecule has 0 bridgehead atoms. The molecule has 2 rings (SSSR count). The first-order valence-electron chi connectivity index (χ1n) is 10.9. The van der Waals surface area contributed by atoms with Gasteiger partial charge in [-0.05, 0) is 61.7 Å². The van der Waals surface area contributed by atoms with E-state index in [9.17, 15) is 10.1 Å². The van der Waals surface area contributed by atoms with Crippen molar-refractivity contribution >= 4 is 33.6 Å². The summed E-state index contributed by atoms with van der Waals surface area (Å²) in [5.74, 6) is 0.238. The Bertz CT molecular complexity index is 960. The van der Waals surface area contributed by atoms with E-state index >= 15 is 0 Å². The van der Waals surface area contributed by atoms with Gasteiger partial charge in [0.1, 0.15) is 17.4 Å². The first kappa shape index (κ1) is 24.7. The number of hydrogen-bond donors (Lipinski definition) is 1. The van der Waals surface area contributed by atoms with E-state index in [-0.39, 0.29) is 5.57 Å². The van der Waals surface area contributed by atoms with Crippen molar-refractivity contribution in [1.82, 2.24) is 0 Å². The lowest BCUT2D eigenvalue weighted by Gasteiger charge is -2.12. The van der Waals surface area contributed by atoms with Crippen LogP contribution in [0, 0.1) is 25.2 Å². The average Bonchev–Trinajstić information content (AvgIpc) is 2.75. The van der Waals surface area contributed by atoms with Crippen LogP contribution in [0.5, 0.6) is 5.75 Å². The van der Waals surface area contributed by atoms with Crippen LogP contribution in [0.4, 0.5) is 5.69 Å². The Balaban J connectivity index is 2.10. The summed E-state index contributed by atoms with van der Waals surface area (Å²) in [7, 11) is 0. The van der Waals surface area contributed by atoms with Crippen molar-refractivity contribution in [3.63, 3.8) is 0 Å². The molecule has 31 heavy (non-hydrogen) atoms. The number of nitrogens with zero attached hydrogens (tertiary/aromatic N) is 1. The summed E-state index contributed by atoms with van der Waals surface area (Å²) in [5.41, 5.74) is 3.51. The van der Waals surface area contributed by atoms with E-state index in [4.69, 9.17) is 4.74 Å². The Morgan fingerprint density at radius 3 is 2.61 bits per heavy atom. The lowest BCUT2D eigenvalue weighted by molar-refractivity contribution is -0.112. The highest BCUT2D eigenvalue weighted by Gasteiger charge is 2.13. The fraction of sp³-hybridized carbons (Fsp3) is 0.385. The van der Waals surface area contributed by atoms with Gasteiger partial charge in [-0.1, -0.05) is 67.1 Å². The van der Waals surface area contributed by atoms with Gasteiger partial charge in [0, 0.05) is 15.7 Å². The monoisotopic (exact) mass is 482 g/mol. The molecule has 5 heteroatoms. The first-order chi connectivity index (χ1) is 15.0. The highest BCUT2D eigenvalue weighted by Crippen LogP contribution is 2.27. The molecule has 0 aromatic heterocycles. The number of ether oxygens (including phenoxy) is 1. The van der Waals surface area contributed by atoms with E-state index in [0.29, 0.717) is 23.6 Å². The van der Waals surface area contributed by atoms with Gasteiger partial charge >= 0.3 is 0 Å². The normalized spacial score (nSPS) is 11.1. The van der Waals surface area contributed by atoms with Crippen molar-refractivity contribution in [2.45, 2.75) is 59.3 Å². The predicted molar refractivity (Wildman–Crippen MR) is 131 cm³/mol. The summed E-state index contributed by atoms with van der Waals surface area (Å²) >= 11 is 3.47. The highest BCUT2D eigenvalue weighted by atomic mass is 79.9. The van der Waals surface area contributed by atoms with Crippen LogP contribution < -0.4 is 10.1 Å². The topological polar surface area (TPSA) is 62.1 Å². The Hall–Kier alpha value is -2.58. The molecule has 164 valence electrons. The number of anilines is 1. The zero-order chi connectivity index (χ0) is 22.6. The zero-order valence-electron chi connectivity index (χ0n) is 18.6. The summed E-state index contributed by atoms with van der Waals surface area (Å²) < 4.78 is 6.83. The third-order valence-corrected chi connectivity index (χ3v) is 5.74. The zero-order valence-corrected chi connectivity index (χ0v) is 20.2. The van der Waals surface area contributed by atoms with Crippen molar-refractivity contribution in [2.24, 2.45) is 0 Å². The maximum atomic E-state index is 12.7. The number of carbonyl (C=O) groups is 1. The summed E-state index contributed by atoms with van der Waals surface area (Å²) in [5, 5.41) is 12.5. The molecule has 2 aromatic rings. The van der Waals surface area contributed by atoms with E-state index in [0.717, 1.165) is 28.4 Å². The van der Waals surface area contributed by atoms with E-state index in [1.54, 1.807) is 6.08 Å². The molecule has 0 fully saturated rings. The lowest BCUT2D eigenvalue weighted by atomic mass is 10.1. The van der Waals surface area contributed by atoms with Gasteiger partial charge in [-0.2, -0.15) is 5.26 Å². The third-order valence-electron chi connectivity index (χ3n) is 5.25. The molecule has 0 atom stereocenters. The largest absolute Gasteiger partial charge is 0.493 e. The highest BCUT2D eigenvalue weighted by molar-refractivity contribution is 9.10. The molecule has 0 aliphatic carbocycles. The number of aryl methyl sites for hydroxylation is 1. The summed E-state index contributed by atoms with van der Waals surface area (Å²) in [6, 6.07) is 13.4. The van der Waals surface area contributed by atoms with Gasteiger partial charge in [-0.15, -0.1) is 0 Å². The van der Waals surface area contributed by atoms with Crippen molar-refractivity contribution in [3.05, 3.63) is 63.1 Å². The van der Waals surface area contributed by atoms with Crippen LogP contribution in [0.15, 0.2) is 46.4 Å². The van der Waals surface area contributed by atoms with Crippen molar-refractivity contribution in [3.8, 4) is 11.8 Å². The molecule has 0 saturated heterocycles. The molecule has 0 aliphatic heterocycles. The molecular formula is C26H31BrN2O2.